The molecule has 0 bridgehead atoms. The highest BCUT2D eigenvalue weighted by molar-refractivity contribution is 5.88. The number of benzene rings is 1. The van der Waals surface area contributed by atoms with Gasteiger partial charge in [-0.25, -0.2) is 4.79 Å². The molecule has 0 aliphatic carbocycles. The van der Waals surface area contributed by atoms with Gasteiger partial charge in [-0.3, -0.25) is 0 Å². The zero-order chi connectivity index (χ0) is 13.4. The minimum Gasteiger partial charge on any atom is -0.433 e. The summed E-state index contributed by atoms with van der Waals surface area (Å²) in [6.07, 6.45) is 1.49. The van der Waals surface area contributed by atoms with Crippen molar-refractivity contribution in [2.45, 2.75) is 19.6 Å². The average molecular weight is 246 g/mol. The van der Waals surface area contributed by atoms with Crippen LogP contribution in [0.4, 0.5) is 0 Å². The second-order valence-electron chi connectivity index (χ2n) is 3.86. The van der Waals surface area contributed by atoms with Crippen molar-refractivity contribution >= 4 is 5.97 Å². The van der Waals surface area contributed by atoms with E-state index in [-0.39, 0.29) is 0 Å². The van der Waals surface area contributed by atoms with Gasteiger partial charge in [0.2, 0.25) is 6.29 Å². The van der Waals surface area contributed by atoms with Crippen LogP contribution in [0.3, 0.4) is 0 Å². The molecule has 0 aliphatic rings. The van der Waals surface area contributed by atoms with Gasteiger partial charge >= 0.3 is 5.97 Å². The molecule has 1 aromatic rings. The molecule has 0 spiro atoms. The maximum Gasteiger partial charge on any atom is 0.336 e. The molecule has 3 heteroatoms. The Labute approximate surface area is 108 Å². The molecule has 0 amide bonds. The van der Waals surface area contributed by atoms with Crippen LogP contribution in [-0.2, 0) is 20.7 Å². The first-order chi connectivity index (χ1) is 8.63. The summed E-state index contributed by atoms with van der Waals surface area (Å²) in [7, 11) is 0. The van der Waals surface area contributed by atoms with Crippen LogP contribution in [0.1, 0.15) is 12.5 Å². The van der Waals surface area contributed by atoms with E-state index in [9.17, 15) is 4.79 Å². The first-order valence-electron chi connectivity index (χ1n) is 5.78. The Morgan fingerprint density at radius 1 is 1.39 bits per heavy atom. The van der Waals surface area contributed by atoms with Crippen LogP contribution in [-0.4, -0.2) is 18.9 Å². The summed E-state index contributed by atoms with van der Waals surface area (Å²) in [5.41, 5.74) is 1.44. The molecule has 0 N–H and O–H groups in total. The van der Waals surface area contributed by atoms with Gasteiger partial charge in [0.05, 0.1) is 6.61 Å². The number of rotatable bonds is 7. The third-order valence-electron chi connectivity index (χ3n) is 2.27. The molecule has 0 heterocycles. The maximum absolute atomic E-state index is 11.7. The van der Waals surface area contributed by atoms with E-state index < -0.39 is 12.3 Å². The largest absolute Gasteiger partial charge is 0.433 e. The van der Waals surface area contributed by atoms with E-state index >= 15 is 0 Å². The number of carbonyl (C=O) groups is 1. The Morgan fingerprint density at radius 3 is 2.67 bits per heavy atom. The lowest BCUT2D eigenvalue weighted by atomic mass is 10.1. The van der Waals surface area contributed by atoms with Crippen molar-refractivity contribution in [3.05, 3.63) is 60.7 Å². The summed E-state index contributed by atoms with van der Waals surface area (Å²) < 4.78 is 10.2. The van der Waals surface area contributed by atoms with Crippen LogP contribution in [0.25, 0.3) is 0 Å². The molecule has 1 unspecified atom stereocenters. The fourth-order valence-corrected chi connectivity index (χ4v) is 1.39. The summed E-state index contributed by atoms with van der Waals surface area (Å²) in [5, 5.41) is 0. The zero-order valence-electron chi connectivity index (χ0n) is 10.6. The lowest BCUT2D eigenvalue weighted by molar-refractivity contribution is -0.167. The number of hydrogen-bond donors (Lipinski definition) is 0. The lowest BCUT2D eigenvalue weighted by Gasteiger charge is -2.14. The third kappa shape index (κ3) is 4.97. The molecule has 96 valence electrons. The molecule has 1 atom stereocenters. The predicted octanol–water partition coefficient (Wildman–Crippen LogP) is 2.88. The molecule has 0 saturated carbocycles. The van der Waals surface area contributed by atoms with Gasteiger partial charge in [0, 0.05) is 12.0 Å². The number of esters is 1. The zero-order valence-corrected chi connectivity index (χ0v) is 10.6. The van der Waals surface area contributed by atoms with Gasteiger partial charge in [-0.15, -0.1) is 6.58 Å². The second kappa shape index (κ2) is 7.45. The van der Waals surface area contributed by atoms with Crippen molar-refractivity contribution in [2.75, 3.05) is 6.61 Å². The lowest BCUT2D eigenvalue weighted by Crippen LogP contribution is -2.20. The Balaban J connectivity index is 2.42. The molecule has 0 aromatic heterocycles. The molecule has 0 fully saturated rings. The van der Waals surface area contributed by atoms with Gasteiger partial charge < -0.3 is 9.47 Å². The minimum atomic E-state index is -0.594. The topological polar surface area (TPSA) is 35.5 Å². The summed E-state index contributed by atoms with van der Waals surface area (Å²) in [5.74, 6) is -0.435. The van der Waals surface area contributed by atoms with Crippen LogP contribution < -0.4 is 0 Å². The smallest absolute Gasteiger partial charge is 0.336 e. The van der Waals surface area contributed by atoms with Crippen LogP contribution in [0.5, 0.6) is 0 Å². The fraction of sp³-hybridized carbons (Fsp3) is 0.267. The van der Waals surface area contributed by atoms with E-state index in [0.717, 1.165) is 5.56 Å². The minimum absolute atomic E-state index is 0.347. The quantitative estimate of drug-likeness (QED) is 0.321. The van der Waals surface area contributed by atoms with Crippen molar-refractivity contribution in [1.82, 2.24) is 0 Å². The van der Waals surface area contributed by atoms with E-state index in [1.165, 1.54) is 0 Å². The maximum atomic E-state index is 11.7. The van der Waals surface area contributed by atoms with E-state index in [4.69, 9.17) is 9.47 Å². The highest BCUT2D eigenvalue weighted by Crippen LogP contribution is 2.09. The predicted molar refractivity (Wildman–Crippen MR) is 71.0 cm³/mol. The van der Waals surface area contributed by atoms with E-state index in [1.54, 1.807) is 13.0 Å². The summed E-state index contributed by atoms with van der Waals surface area (Å²) in [6.45, 7) is 9.26. The first kappa shape index (κ1) is 14.2. The molecule has 1 rings (SSSR count). The molecule has 1 aromatic carbocycles. The van der Waals surface area contributed by atoms with E-state index in [0.29, 0.717) is 18.6 Å². The standard InChI is InChI=1S/C15H18O3/c1-4-10-17-13(3)18-15(16)12(2)11-14-8-6-5-7-9-14/h4-9,13H,1-2,10-11H2,3H3. The number of ether oxygens (including phenoxy) is 2. The van der Waals surface area contributed by atoms with Crippen molar-refractivity contribution in [2.24, 2.45) is 0 Å². The molecule has 0 aliphatic heterocycles. The van der Waals surface area contributed by atoms with Gasteiger partial charge in [-0.1, -0.05) is 43.0 Å². The van der Waals surface area contributed by atoms with Crippen LogP contribution in [0.15, 0.2) is 55.1 Å². The average Bonchev–Trinajstić information content (AvgIpc) is 2.37. The Kier molecular flexibility index (Phi) is 5.88. The fourth-order valence-electron chi connectivity index (χ4n) is 1.39. The highest BCUT2D eigenvalue weighted by Gasteiger charge is 2.13. The molecule has 3 nitrogen and oxygen atoms in total. The Bertz CT molecular complexity index is 409. The number of carbonyl (C=O) groups excluding carboxylic acids is 1. The Morgan fingerprint density at radius 2 is 2.06 bits per heavy atom. The SMILES string of the molecule is C=CCOC(C)OC(=O)C(=C)Cc1ccccc1. The van der Waals surface area contributed by atoms with Crippen LogP contribution in [0.2, 0.25) is 0 Å². The number of hydrogen-bond acceptors (Lipinski definition) is 3. The summed E-state index contributed by atoms with van der Waals surface area (Å²) in [4.78, 5) is 11.7. The van der Waals surface area contributed by atoms with Gasteiger partial charge in [0.25, 0.3) is 0 Å². The van der Waals surface area contributed by atoms with Crippen LogP contribution in [0, 0.1) is 0 Å². The van der Waals surface area contributed by atoms with Gasteiger partial charge in [0.1, 0.15) is 0 Å². The van der Waals surface area contributed by atoms with Crippen molar-refractivity contribution in [3.8, 4) is 0 Å². The summed E-state index contributed by atoms with van der Waals surface area (Å²) in [6, 6.07) is 9.65. The van der Waals surface area contributed by atoms with Gasteiger partial charge in [-0.2, -0.15) is 0 Å². The van der Waals surface area contributed by atoms with Crippen LogP contribution >= 0.6 is 0 Å². The monoisotopic (exact) mass is 246 g/mol. The summed E-state index contributed by atoms with van der Waals surface area (Å²) >= 11 is 0. The molecular weight excluding hydrogens is 228 g/mol. The van der Waals surface area contributed by atoms with E-state index in [2.05, 4.69) is 13.2 Å². The highest BCUT2D eigenvalue weighted by atomic mass is 16.7. The molecule has 18 heavy (non-hydrogen) atoms. The van der Waals surface area contributed by atoms with Crippen molar-refractivity contribution in [3.63, 3.8) is 0 Å². The molecule has 0 radical (unpaired) electrons. The van der Waals surface area contributed by atoms with Gasteiger partial charge in [-0.05, 0) is 12.5 Å². The van der Waals surface area contributed by atoms with Gasteiger partial charge in [0.15, 0.2) is 0 Å². The molecular formula is C15H18O3. The Hall–Kier alpha value is -1.87. The van der Waals surface area contributed by atoms with Crippen molar-refractivity contribution < 1.29 is 14.3 Å². The first-order valence-corrected chi connectivity index (χ1v) is 5.78. The normalized spacial score (nSPS) is 11.6. The third-order valence-corrected chi connectivity index (χ3v) is 2.27. The second-order valence-corrected chi connectivity index (χ2v) is 3.86. The molecule has 0 saturated heterocycles. The van der Waals surface area contributed by atoms with Crippen molar-refractivity contribution in [1.29, 1.82) is 0 Å². The van der Waals surface area contributed by atoms with E-state index in [1.807, 2.05) is 30.3 Å².